The van der Waals surface area contributed by atoms with Gasteiger partial charge in [-0.3, -0.25) is 15.0 Å². The van der Waals surface area contributed by atoms with Gasteiger partial charge in [-0.15, -0.1) is 12.4 Å². The Morgan fingerprint density at radius 3 is 2.86 bits per heavy atom. The normalized spacial score (nSPS) is 13.7. The van der Waals surface area contributed by atoms with E-state index >= 15 is 0 Å². The van der Waals surface area contributed by atoms with Gasteiger partial charge < -0.3 is 10.6 Å². The number of carbonyl (C=O) groups excluding carboxylic acids is 1. The number of fused-ring (bicyclic) bond motifs is 1. The summed E-state index contributed by atoms with van der Waals surface area (Å²) in [6, 6.07) is 1.85. The summed E-state index contributed by atoms with van der Waals surface area (Å²) in [5, 5.41) is 20.1. The molecule has 0 unspecified atom stereocenters. The lowest BCUT2D eigenvalue weighted by Crippen LogP contribution is -2.25. The van der Waals surface area contributed by atoms with Crippen LogP contribution in [0.4, 0.5) is 5.82 Å². The first kappa shape index (κ1) is 15.5. The second kappa shape index (κ2) is 6.28. The number of nitrogens with one attached hydrogen (secondary N) is 4. The molecule has 7 nitrogen and oxygen atoms in total. The van der Waals surface area contributed by atoms with Crippen LogP contribution in [0.25, 0.3) is 0 Å². The summed E-state index contributed by atoms with van der Waals surface area (Å²) in [7, 11) is 0. The van der Waals surface area contributed by atoms with E-state index in [1.807, 2.05) is 6.07 Å². The third-order valence-electron chi connectivity index (χ3n) is 3.48. The van der Waals surface area contributed by atoms with Crippen LogP contribution < -0.4 is 10.6 Å². The Morgan fingerprint density at radius 2 is 2.14 bits per heavy atom. The van der Waals surface area contributed by atoms with Gasteiger partial charge in [0.25, 0.3) is 5.91 Å². The average Bonchev–Trinajstić information content (AvgIpc) is 3.04. The standard InChI is InChI=1S/C13H18N6O.ClH/c1-7(2)10-5-11(18-17-10)15-13(20)12-8-6-14-4-3-9(8)16-19-12;/h5,7,14H,3-4,6H2,1-2H3,(H,16,19)(H2,15,17,18,20);1H. The number of aromatic nitrogens is 4. The third-order valence-corrected chi connectivity index (χ3v) is 3.48. The molecule has 0 saturated heterocycles. The highest BCUT2D eigenvalue weighted by atomic mass is 35.5. The van der Waals surface area contributed by atoms with E-state index in [-0.39, 0.29) is 18.3 Å². The number of rotatable bonds is 3. The van der Waals surface area contributed by atoms with Crippen molar-refractivity contribution in [2.45, 2.75) is 32.7 Å². The van der Waals surface area contributed by atoms with Crippen molar-refractivity contribution < 1.29 is 4.79 Å². The lowest BCUT2D eigenvalue weighted by Gasteiger charge is -2.12. The molecule has 1 aliphatic rings. The molecule has 114 valence electrons. The van der Waals surface area contributed by atoms with Crippen LogP contribution in [-0.2, 0) is 13.0 Å². The summed E-state index contributed by atoms with van der Waals surface area (Å²) in [6.45, 7) is 5.71. The number of aromatic amines is 2. The summed E-state index contributed by atoms with van der Waals surface area (Å²) in [5.74, 6) is 0.641. The van der Waals surface area contributed by atoms with Gasteiger partial charge in [-0.25, -0.2) is 0 Å². The maximum Gasteiger partial charge on any atom is 0.277 e. The predicted octanol–water partition coefficient (Wildman–Crippen LogP) is 1.58. The number of hydrogen-bond acceptors (Lipinski definition) is 4. The van der Waals surface area contributed by atoms with E-state index in [2.05, 4.69) is 44.9 Å². The molecule has 0 spiro atoms. The molecule has 0 bridgehead atoms. The Balaban J connectivity index is 0.00000161. The van der Waals surface area contributed by atoms with Crippen LogP contribution >= 0.6 is 12.4 Å². The number of H-pyrrole nitrogens is 2. The molecule has 8 heteroatoms. The number of nitrogens with zero attached hydrogens (tertiary/aromatic N) is 2. The quantitative estimate of drug-likeness (QED) is 0.691. The molecule has 21 heavy (non-hydrogen) atoms. The minimum absolute atomic E-state index is 0. The van der Waals surface area contributed by atoms with Gasteiger partial charge in [0.1, 0.15) is 0 Å². The Kier molecular flexibility index (Phi) is 4.64. The molecular formula is C13H19ClN6O. The first-order chi connectivity index (χ1) is 9.65. The number of anilines is 1. The number of halogens is 1. The zero-order chi connectivity index (χ0) is 14.1. The highest BCUT2D eigenvalue weighted by Gasteiger charge is 2.22. The largest absolute Gasteiger partial charge is 0.312 e. The van der Waals surface area contributed by atoms with E-state index < -0.39 is 0 Å². The Labute approximate surface area is 128 Å². The molecule has 0 radical (unpaired) electrons. The Morgan fingerprint density at radius 1 is 1.33 bits per heavy atom. The fraction of sp³-hybridized carbons (Fsp3) is 0.462. The lowest BCUT2D eigenvalue weighted by atomic mass is 10.1. The average molecular weight is 311 g/mol. The van der Waals surface area contributed by atoms with Crippen LogP contribution in [0.15, 0.2) is 6.07 Å². The zero-order valence-electron chi connectivity index (χ0n) is 12.0. The molecule has 2 aromatic rings. The van der Waals surface area contributed by atoms with Gasteiger partial charge >= 0.3 is 0 Å². The third kappa shape index (κ3) is 3.08. The van der Waals surface area contributed by atoms with Crippen molar-refractivity contribution in [2.24, 2.45) is 0 Å². The van der Waals surface area contributed by atoms with Gasteiger partial charge in [-0.1, -0.05) is 13.8 Å². The van der Waals surface area contributed by atoms with E-state index in [4.69, 9.17) is 0 Å². The summed E-state index contributed by atoms with van der Waals surface area (Å²) >= 11 is 0. The molecule has 0 fully saturated rings. The summed E-state index contributed by atoms with van der Waals surface area (Å²) in [6.07, 6.45) is 0.871. The van der Waals surface area contributed by atoms with Gasteiger partial charge in [-0.2, -0.15) is 10.2 Å². The zero-order valence-corrected chi connectivity index (χ0v) is 12.8. The van der Waals surface area contributed by atoms with E-state index in [1.54, 1.807) is 0 Å². The second-order valence-corrected chi connectivity index (χ2v) is 5.27. The van der Waals surface area contributed by atoms with Crippen molar-refractivity contribution in [3.63, 3.8) is 0 Å². The van der Waals surface area contributed by atoms with Gasteiger partial charge in [0.05, 0.1) is 0 Å². The molecule has 4 N–H and O–H groups in total. The first-order valence-corrected chi connectivity index (χ1v) is 6.78. The first-order valence-electron chi connectivity index (χ1n) is 6.78. The second-order valence-electron chi connectivity index (χ2n) is 5.27. The smallest absolute Gasteiger partial charge is 0.277 e. The van der Waals surface area contributed by atoms with Gasteiger partial charge in [0, 0.05) is 42.5 Å². The van der Waals surface area contributed by atoms with Gasteiger partial charge in [0.15, 0.2) is 11.5 Å². The fourth-order valence-corrected chi connectivity index (χ4v) is 2.29. The van der Waals surface area contributed by atoms with Crippen molar-refractivity contribution in [1.29, 1.82) is 0 Å². The van der Waals surface area contributed by atoms with E-state index in [9.17, 15) is 4.79 Å². The number of hydrogen-bond donors (Lipinski definition) is 4. The highest BCUT2D eigenvalue weighted by Crippen LogP contribution is 2.18. The molecule has 3 heterocycles. The Hall–Kier alpha value is -1.86. The molecule has 0 saturated carbocycles. The minimum Gasteiger partial charge on any atom is -0.312 e. The van der Waals surface area contributed by atoms with E-state index in [1.165, 1.54) is 0 Å². The topological polar surface area (TPSA) is 98.5 Å². The monoisotopic (exact) mass is 310 g/mol. The van der Waals surface area contributed by atoms with Crippen LogP contribution in [0.5, 0.6) is 0 Å². The highest BCUT2D eigenvalue weighted by molar-refractivity contribution is 6.03. The summed E-state index contributed by atoms with van der Waals surface area (Å²) in [4.78, 5) is 12.3. The number of amides is 1. The fourth-order valence-electron chi connectivity index (χ4n) is 2.29. The van der Waals surface area contributed by atoms with E-state index in [0.29, 0.717) is 24.0 Å². The molecule has 0 aromatic carbocycles. The van der Waals surface area contributed by atoms with Crippen molar-refractivity contribution in [1.82, 2.24) is 25.7 Å². The molecule has 2 aromatic heterocycles. The maximum atomic E-state index is 12.3. The van der Waals surface area contributed by atoms with Crippen LogP contribution in [0.2, 0.25) is 0 Å². The van der Waals surface area contributed by atoms with Crippen molar-refractivity contribution in [3.05, 3.63) is 28.7 Å². The molecular weight excluding hydrogens is 292 g/mol. The predicted molar refractivity (Wildman–Crippen MR) is 81.9 cm³/mol. The number of carbonyl (C=O) groups is 1. The molecule has 1 aliphatic heterocycles. The van der Waals surface area contributed by atoms with Crippen LogP contribution in [0.3, 0.4) is 0 Å². The summed E-state index contributed by atoms with van der Waals surface area (Å²) in [5.41, 5.74) is 3.43. The SMILES string of the molecule is CC(C)c1cc(NC(=O)c2n[nH]c3c2CNCC3)n[nH]1.Cl. The van der Waals surface area contributed by atoms with Crippen LogP contribution in [0, 0.1) is 0 Å². The maximum absolute atomic E-state index is 12.3. The molecule has 0 atom stereocenters. The van der Waals surface area contributed by atoms with Gasteiger partial charge in [0.2, 0.25) is 0 Å². The molecule has 0 aliphatic carbocycles. The van der Waals surface area contributed by atoms with Gasteiger partial charge in [-0.05, 0) is 5.92 Å². The lowest BCUT2D eigenvalue weighted by molar-refractivity contribution is 0.102. The van der Waals surface area contributed by atoms with E-state index in [0.717, 1.165) is 29.9 Å². The van der Waals surface area contributed by atoms with Crippen molar-refractivity contribution in [2.75, 3.05) is 11.9 Å². The minimum atomic E-state index is -0.229. The molecule has 1 amide bonds. The van der Waals surface area contributed by atoms with Crippen LogP contribution in [0.1, 0.15) is 47.2 Å². The Bertz CT molecular complexity index is 632. The van der Waals surface area contributed by atoms with Crippen molar-refractivity contribution >= 4 is 24.1 Å². The van der Waals surface area contributed by atoms with Crippen molar-refractivity contribution in [3.8, 4) is 0 Å². The summed E-state index contributed by atoms with van der Waals surface area (Å²) < 4.78 is 0. The molecule has 3 rings (SSSR count). The van der Waals surface area contributed by atoms with Crippen LogP contribution in [-0.4, -0.2) is 32.8 Å².